The number of benzene rings is 3. The molecule has 0 radical (unpaired) electrons. The zero-order chi connectivity index (χ0) is 27.1. The summed E-state index contributed by atoms with van der Waals surface area (Å²) in [7, 11) is -9.36. The molecule has 36 heavy (non-hydrogen) atoms. The molecule has 0 fully saturated rings. The average molecular weight is 573 g/mol. The predicted molar refractivity (Wildman–Crippen MR) is 121 cm³/mol. The Morgan fingerprint density at radius 2 is 1.06 bits per heavy atom. The molecular formula is C21H15ClF6N2O4S2. The van der Waals surface area contributed by atoms with E-state index in [0.717, 1.165) is 36.4 Å². The molecule has 0 aliphatic heterocycles. The lowest BCUT2D eigenvalue weighted by Crippen LogP contribution is -2.19. The fraction of sp³-hybridized carbons (Fsp3) is 0.143. The van der Waals surface area contributed by atoms with E-state index in [9.17, 15) is 43.2 Å². The molecule has 0 spiro atoms. The molecule has 3 rings (SSSR count). The van der Waals surface area contributed by atoms with Gasteiger partial charge in [-0.3, -0.25) is 9.44 Å². The highest BCUT2D eigenvalue weighted by Crippen LogP contribution is 2.35. The molecule has 0 aliphatic carbocycles. The van der Waals surface area contributed by atoms with Gasteiger partial charge in [0, 0.05) is 5.02 Å². The van der Waals surface area contributed by atoms with Crippen molar-refractivity contribution in [3.63, 3.8) is 0 Å². The number of nitrogens with one attached hydrogen (secondary N) is 2. The summed E-state index contributed by atoms with van der Waals surface area (Å²) in [6, 6.07) is 7.74. The maximum absolute atomic E-state index is 13.0. The molecule has 0 bridgehead atoms. The molecule has 0 saturated heterocycles. The van der Waals surface area contributed by atoms with Crippen molar-refractivity contribution in [3.05, 3.63) is 82.4 Å². The van der Waals surface area contributed by atoms with Crippen molar-refractivity contribution in [2.75, 3.05) is 9.44 Å². The van der Waals surface area contributed by atoms with Crippen molar-refractivity contribution in [1.82, 2.24) is 0 Å². The second-order valence-corrected chi connectivity index (χ2v) is 11.2. The fourth-order valence-electron chi connectivity index (χ4n) is 2.94. The molecule has 194 valence electrons. The van der Waals surface area contributed by atoms with E-state index in [2.05, 4.69) is 0 Å². The first-order valence-electron chi connectivity index (χ1n) is 9.60. The SMILES string of the molecule is Cc1cc(NS(=O)(=O)c2cccc(C(F)(F)F)c2)c(NS(=O)(=O)c2cccc(C(F)(F)F)c2)cc1Cl. The van der Waals surface area contributed by atoms with Crippen molar-refractivity contribution in [1.29, 1.82) is 0 Å². The maximum Gasteiger partial charge on any atom is 0.416 e. The molecule has 3 aromatic carbocycles. The summed E-state index contributed by atoms with van der Waals surface area (Å²) >= 11 is 6.02. The standard InChI is InChI=1S/C21H15ClF6N2O4S2/c1-12-8-18(29-35(31,32)15-6-2-4-13(9-15)20(23,24)25)19(11-17(12)22)30-36(33,34)16-7-3-5-14(10-16)21(26,27)28/h2-11,29-30H,1H3. The Labute approximate surface area is 207 Å². The van der Waals surface area contributed by atoms with Gasteiger partial charge >= 0.3 is 12.4 Å². The first-order valence-corrected chi connectivity index (χ1v) is 12.9. The number of rotatable bonds is 6. The van der Waals surface area contributed by atoms with Gasteiger partial charge in [-0.15, -0.1) is 0 Å². The summed E-state index contributed by atoms with van der Waals surface area (Å²) in [5.74, 6) is 0. The van der Waals surface area contributed by atoms with Crippen molar-refractivity contribution in [2.45, 2.75) is 29.1 Å². The zero-order valence-electron chi connectivity index (χ0n) is 17.9. The summed E-state index contributed by atoms with van der Waals surface area (Å²) in [6.07, 6.45) is -9.65. The third-order valence-electron chi connectivity index (χ3n) is 4.73. The van der Waals surface area contributed by atoms with Crippen LogP contribution in [0.15, 0.2) is 70.5 Å². The molecule has 0 unspecified atom stereocenters. The Morgan fingerprint density at radius 3 is 1.44 bits per heavy atom. The molecule has 0 atom stereocenters. The summed E-state index contributed by atoms with van der Waals surface area (Å²) in [5, 5.41) is -0.0289. The van der Waals surface area contributed by atoms with Crippen molar-refractivity contribution in [3.8, 4) is 0 Å². The van der Waals surface area contributed by atoms with Crippen LogP contribution in [0.4, 0.5) is 37.7 Å². The number of hydrogen-bond acceptors (Lipinski definition) is 4. The van der Waals surface area contributed by atoms with E-state index < -0.39 is 64.7 Å². The Kier molecular flexibility index (Phi) is 7.27. The van der Waals surface area contributed by atoms with Gasteiger partial charge in [0.15, 0.2) is 0 Å². The van der Waals surface area contributed by atoms with E-state index in [1.54, 1.807) is 0 Å². The number of sulfonamides is 2. The molecule has 2 N–H and O–H groups in total. The summed E-state index contributed by atoms with van der Waals surface area (Å²) in [5.41, 5.74) is -3.11. The van der Waals surface area contributed by atoms with Crippen molar-refractivity contribution < 1.29 is 43.2 Å². The Balaban J connectivity index is 2.03. The van der Waals surface area contributed by atoms with Crippen LogP contribution in [0, 0.1) is 6.92 Å². The summed E-state index contributed by atoms with van der Waals surface area (Å²) < 4.78 is 133. The topological polar surface area (TPSA) is 92.3 Å². The number of anilines is 2. The number of alkyl halides is 6. The Hall–Kier alpha value is -2.97. The van der Waals surface area contributed by atoms with Crippen LogP contribution in [-0.4, -0.2) is 16.8 Å². The van der Waals surface area contributed by atoms with Crippen molar-refractivity contribution in [2.24, 2.45) is 0 Å². The second kappa shape index (κ2) is 9.48. The van der Waals surface area contributed by atoms with Crippen LogP contribution >= 0.6 is 11.6 Å². The van der Waals surface area contributed by atoms with Crippen LogP contribution in [0.25, 0.3) is 0 Å². The van der Waals surface area contributed by atoms with E-state index in [4.69, 9.17) is 11.6 Å². The summed E-state index contributed by atoms with van der Waals surface area (Å²) in [4.78, 5) is -1.54. The monoisotopic (exact) mass is 572 g/mol. The molecule has 0 saturated carbocycles. The largest absolute Gasteiger partial charge is 0.416 e. The van der Waals surface area contributed by atoms with Gasteiger partial charge in [0.1, 0.15) is 0 Å². The highest BCUT2D eigenvalue weighted by atomic mass is 35.5. The minimum absolute atomic E-state index is 0.0289. The number of aryl methyl sites for hydroxylation is 1. The lowest BCUT2D eigenvalue weighted by Gasteiger charge is -2.17. The number of halogens is 7. The zero-order valence-corrected chi connectivity index (χ0v) is 20.3. The van der Waals surface area contributed by atoms with Gasteiger partial charge in [-0.25, -0.2) is 16.8 Å². The number of hydrogen-bond donors (Lipinski definition) is 2. The summed E-state index contributed by atoms with van der Waals surface area (Å²) in [6.45, 7) is 1.44. The van der Waals surface area contributed by atoms with Gasteiger partial charge in [-0.1, -0.05) is 23.7 Å². The van der Waals surface area contributed by atoms with E-state index in [0.29, 0.717) is 24.3 Å². The van der Waals surface area contributed by atoms with E-state index in [1.807, 2.05) is 9.44 Å². The van der Waals surface area contributed by atoms with Gasteiger partial charge in [0.05, 0.1) is 32.3 Å². The Morgan fingerprint density at radius 1 is 0.667 bits per heavy atom. The Bertz CT molecular complexity index is 1410. The van der Waals surface area contributed by atoms with Crippen LogP contribution < -0.4 is 9.44 Å². The third kappa shape index (κ3) is 6.23. The first kappa shape index (κ1) is 27.6. The van der Waals surface area contributed by atoms with Gasteiger partial charge in [-0.05, 0) is 61.0 Å². The van der Waals surface area contributed by atoms with E-state index in [-0.39, 0.29) is 10.6 Å². The molecular weight excluding hydrogens is 558 g/mol. The van der Waals surface area contributed by atoms with Crippen LogP contribution in [-0.2, 0) is 32.4 Å². The molecule has 0 aliphatic rings. The quantitative estimate of drug-likeness (QED) is 0.340. The minimum atomic E-state index is -4.83. The fourth-order valence-corrected chi connectivity index (χ4v) is 5.33. The molecule has 0 aromatic heterocycles. The molecule has 15 heteroatoms. The van der Waals surface area contributed by atoms with Crippen molar-refractivity contribution >= 4 is 43.0 Å². The van der Waals surface area contributed by atoms with Crippen LogP contribution in [0.1, 0.15) is 16.7 Å². The second-order valence-electron chi connectivity index (χ2n) is 7.41. The van der Waals surface area contributed by atoms with E-state index in [1.165, 1.54) is 6.92 Å². The maximum atomic E-state index is 13.0. The van der Waals surface area contributed by atoms with E-state index >= 15 is 0 Å². The molecule has 0 heterocycles. The predicted octanol–water partition coefficient (Wildman–Crippen LogP) is 6.29. The first-order chi connectivity index (χ1) is 16.4. The normalized spacial score (nSPS) is 12.9. The van der Waals surface area contributed by atoms with Crippen LogP contribution in [0.5, 0.6) is 0 Å². The lowest BCUT2D eigenvalue weighted by atomic mass is 10.2. The average Bonchev–Trinajstić information content (AvgIpc) is 2.76. The third-order valence-corrected chi connectivity index (χ3v) is 7.86. The van der Waals surface area contributed by atoms with Gasteiger partial charge in [0.2, 0.25) is 0 Å². The van der Waals surface area contributed by atoms with Gasteiger partial charge in [0.25, 0.3) is 20.0 Å². The molecule has 3 aromatic rings. The van der Waals surface area contributed by atoms with Gasteiger partial charge < -0.3 is 0 Å². The van der Waals surface area contributed by atoms with Gasteiger partial charge in [-0.2, -0.15) is 26.3 Å². The smallest absolute Gasteiger partial charge is 0.277 e. The van der Waals surface area contributed by atoms with Crippen LogP contribution in [0.2, 0.25) is 5.02 Å². The molecule has 6 nitrogen and oxygen atoms in total. The van der Waals surface area contributed by atoms with Crippen LogP contribution in [0.3, 0.4) is 0 Å². The minimum Gasteiger partial charge on any atom is -0.277 e. The highest BCUT2D eigenvalue weighted by molar-refractivity contribution is 7.93. The highest BCUT2D eigenvalue weighted by Gasteiger charge is 2.33. The lowest BCUT2D eigenvalue weighted by molar-refractivity contribution is -0.138. The molecule has 0 amide bonds.